The molecule has 0 spiro atoms. The number of rotatable bonds is 8. The summed E-state index contributed by atoms with van der Waals surface area (Å²) in [6.07, 6.45) is 13.0. The van der Waals surface area contributed by atoms with Crippen LogP contribution >= 0.6 is 0 Å². The Labute approximate surface area is 809 Å². The number of para-hydroxylation sites is 3. The maximum absolute atomic E-state index is 14.7. The molecule has 13 aromatic carbocycles. The van der Waals surface area contributed by atoms with Gasteiger partial charge in [-0.2, -0.15) is 0 Å². The molecule has 0 saturated carbocycles. The van der Waals surface area contributed by atoms with E-state index in [0.29, 0.717) is 34.3 Å². The van der Waals surface area contributed by atoms with Crippen molar-refractivity contribution < 1.29 is 67.1 Å². The van der Waals surface area contributed by atoms with Gasteiger partial charge < -0.3 is 26.5 Å². The van der Waals surface area contributed by atoms with E-state index in [4.69, 9.17) is 26.5 Å². The maximum Gasteiger partial charge on any atom is 0.216 e. The van der Waals surface area contributed by atoms with Crippen molar-refractivity contribution in [2.45, 2.75) is 75.7 Å². The van der Waals surface area contributed by atoms with Gasteiger partial charge in [0.15, 0.2) is 71.4 Å². The van der Waals surface area contributed by atoms with Crippen LogP contribution in [0.3, 0.4) is 0 Å². The van der Waals surface area contributed by atoms with Crippen molar-refractivity contribution in [1.29, 1.82) is 0 Å². The molecule has 0 bridgehead atoms. The highest BCUT2D eigenvalue weighted by Gasteiger charge is 2.30. The molecule has 0 atom stereocenters. The third-order valence-corrected chi connectivity index (χ3v) is 27.4. The van der Waals surface area contributed by atoms with Crippen LogP contribution in [0.25, 0.3) is 210 Å². The Morgan fingerprint density at radius 3 is 1.07 bits per heavy atom. The van der Waals surface area contributed by atoms with E-state index in [2.05, 4.69) is 262 Å². The van der Waals surface area contributed by atoms with E-state index in [1.54, 1.807) is 13.0 Å². The van der Waals surface area contributed by atoms with Gasteiger partial charge in [0.25, 0.3) is 0 Å². The standard InChI is InChI=1S/C25H19FNO.C21H19FNO.C20H17FNO.2C20H18NO.C19H16NO/c1-16-11-12-19-23-18(17-8-4-3-5-9-17)13-14-20(26)25(23)28-24(19)22(16)21-10-6-7-15-27(21)2;1-4-14-9-11-16-15-10-8-13(2)18(17-7-5-6-12-23(17)3)20(15)24-21(16)19(14)22;1-12-7-9-14-15-10-8-13(2)18(21)20(15)23-19(14)17(12)16-6-4-5-11-22(16)3;1-13-12-16-15-8-4-5-10-18(15)22-20(16)19(14(13)2)17-9-6-7-11-21(17)3;1-13-8-10-16(21(3)12-13)19-14(2)9-11-18-20(19)15-6-4-5-7-17(15)22-18;1-13-10-11-17-19(14-7-3-4-9-16(14)21-17)18(13)15-8-5-6-12-20(15)2/h3-15H,1-2H3;5-12H,4H2,1-3H3;4-11H,1-3H3;2*4-12H,1-3H3;3-12H,1-2H3/q6*+1. The minimum atomic E-state index is -0.341. The van der Waals surface area contributed by atoms with Gasteiger partial charge in [-0.15, -0.1) is 0 Å². The number of aryl methyl sites for hydroxylation is 15. The van der Waals surface area contributed by atoms with Crippen LogP contribution in [0.15, 0.2) is 373 Å². The fraction of sp³-hybridized carbons (Fsp3) is 0.136. The average Bonchev–Trinajstić information content (AvgIpc) is 1.63. The number of halogens is 3. The summed E-state index contributed by atoms with van der Waals surface area (Å²) >= 11 is 0. The number of fused-ring (bicyclic) bond motifs is 18. The second kappa shape index (κ2) is 37.8. The van der Waals surface area contributed by atoms with Crippen molar-refractivity contribution in [3.05, 3.63) is 420 Å². The van der Waals surface area contributed by atoms with E-state index in [9.17, 15) is 13.2 Å². The first-order chi connectivity index (χ1) is 67.9. The van der Waals surface area contributed by atoms with Gasteiger partial charge >= 0.3 is 0 Å². The summed E-state index contributed by atoms with van der Waals surface area (Å²) in [5.74, 6) is -0.862. The van der Waals surface area contributed by atoms with Crippen molar-refractivity contribution in [3.63, 3.8) is 0 Å². The third-order valence-electron chi connectivity index (χ3n) is 27.4. The van der Waals surface area contributed by atoms with Crippen molar-refractivity contribution in [2.24, 2.45) is 42.3 Å². The van der Waals surface area contributed by atoms with Gasteiger partial charge in [0.1, 0.15) is 92.5 Å². The van der Waals surface area contributed by atoms with E-state index >= 15 is 0 Å². The first kappa shape index (κ1) is 91.1. The molecule has 25 aromatic rings. The van der Waals surface area contributed by atoms with Crippen molar-refractivity contribution in [1.82, 2.24) is 0 Å². The quantitative estimate of drug-likeness (QED) is 0.140. The lowest BCUT2D eigenvalue weighted by molar-refractivity contribution is -0.660. The van der Waals surface area contributed by atoms with E-state index in [1.165, 1.54) is 100.0 Å². The molecular formula is C125H107F3N6O6+6. The molecule has 12 heterocycles. The van der Waals surface area contributed by atoms with Crippen LogP contribution in [-0.4, -0.2) is 0 Å². The first-order valence-electron chi connectivity index (χ1n) is 47.3. The van der Waals surface area contributed by atoms with Crippen molar-refractivity contribution >= 4 is 132 Å². The van der Waals surface area contributed by atoms with Crippen LogP contribution in [0, 0.1) is 79.8 Å². The van der Waals surface area contributed by atoms with E-state index < -0.39 is 0 Å². The van der Waals surface area contributed by atoms with Crippen LogP contribution in [0.4, 0.5) is 13.2 Å². The molecule has 0 radical (unpaired) electrons. The number of benzene rings is 13. The average molecular weight is 1850 g/mol. The van der Waals surface area contributed by atoms with Crippen molar-refractivity contribution in [3.8, 4) is 78.7 Å². The van der Waals surface area contributed by atoms with Crippen molar-refractivity contribution in [2.75, 3.05) is 0 Å². The van der Waals surface area contributed by atoms with Gasteiger partial charge in [0.05, 0.1) is 33.4 Å². The minimum absolute atomic E-state index is 0.243. The molecule has 0 N–H and O–H groups in total. The van der Waals surface area contributed by atoms with E-state index in [-0.39, 0.29) is 17.5 Å². The van der Waals surface area contributed by atoms with Crippen LogP contribution in [0.5, 0.6) is 0 Å². The molecule has 0 aliphatic carbocycles. The summed E-state index contributed by atoms with van der Waals surface area (Å²) in [6.45, 7) is 20.7. The van der Waals surface area contributed by atoms with Crippen LogP contribution in [-0.2, 0) is 48.7 Å². The topological polar surface area (TPSA) is 102 Å². The Morgan fingerprint density at radius 1 is 0.236 bits per heavy atom. The van der Waals surface area contributed by atoms with Crippen LogP contribution in [0.2, 0.25) is 0 Å². The third kappa shape index (κ3) is 16.5. The second-order valence-corrected chi connectivity index (χ2v) is 36.5. The molecule has 15 heteroatoms. The van der Waals surface area contributed by atoms with Gasteiger partial charge in [0, 0.05) is 137 Å². The molecular weight excluding hydrogens is 1740 g/mol. The lowest BCUT2D eigenvalue weighted by atomic mass is 9.96. The summed E-state index contributed by atoms with van der Waals surface area (Å²) in [6, 6.07) is 104. The smallest absolute Gasteiger partial charge is 0.216 e. The van der Waals surface area contributed by atoms with E-state index in [0.717, 1.165) is 144 Å². The first-order valence-corrected chi connectivity index (χ1v) is 47.3. The van der Waals surface area contributed by atoms with Crippen LogP contribution in [0.1, 0.15) is 62.6 Å². The number of hydrogen-bond acceptors (Lipinski definition) is 6. The molecule has 0 amide bonds. The predicted molar refractivity (Wildman–Crippen MR) is 559 cm³/mol. The highest BCUT2D eigenvalue weighted by Crippen LogP contribution is 2.47. The molecule has 0 saturated heterocycles. The zero-order valence-corrected chi connectivity index (χ0v) is 81.4. The zero-order chi connectivity index (χ0) is 97.2. The Morgan fingerprint density at radius 2 is 0.600 bits per heavy atom. The molecule has 12 aromatic heterocycles. The molecule has 0 unspecified atom stereocenters. The summed E-state index contributed by atoms with van der Waals surface area (Å²) in [4.78, 5) is 0. The molecule has 0 aliphatic heterocycles. The number of hydrogen-bond donors (Lipinski definition) is 0. The van der Waals surface area contributed by atoms with Gasteiger partial charge in [-0.05, 0) is 215 Å². The Balaban J connectivity index is 0.000000103. The summed E-state index contributed by atoms with van der Waals surface area (Å²) in [5.41, 5.74) is 35.3. The Hall–Kier alpha value is -16.7. The molecule has 140 heavy (non-hydrogen) atoms. The van der Waals surface area contributed by atoms with Gasteiger partial charge in [-0.25, -0.2) is 40.6 Å². The zero-order valence-electron chi connectivity index (χ0n) is 81.4. The monoisotopic (exact) mass is 1840 g/mol. The second-order valence-electron chi connectivity index (χ2n) is 36.5. The molecule has 0 aliphatic rings. The number of nitrogens with zero attached hydrogens (tertiary/aromatic N) is 6. The number of pyridine rings is 6. The largest absolute Gasteiger partial charge is 0.456 e. The fourth-order valence-electron chi connectivity index (χ4n) is 20.0. The molecule has 12 nitrogen and oxygen atoms in total. The minimum Gasteiger partial charge on any atom is -0.456 e. The normalized spacial score (nSPS) is 11.4. The number of furan rings is 6. The van der Waals surface area contributed by atoms with Crippen LogP contribution < -0.4 is 27.4 Å². The lowest BCUT2D eigenvalue weighted by Crippen LogP contribution is -2.31. The van der Waals surface area contributed by atoms with Gasteiger partial charge in [0.2, 0.25) is 34.2 Å². The summed E-state index contributed by atoms with van der Waals surface area (Å²) in [7, 11) is 12.3. The molecule has 25 rings (SSSR count). The molecule has 0 fully saturated rings. The molecule has 688 valence electrons. The predicted octanol–water partition coefficient (Wildman–Crippen LogP) is 29.9. The number of aromatic nitrogens is 6. The van der Waals surface area contributed by atoms with E-state index in [1.807, 2.05) is 204 Å². The Kier molecular flexibility index (Phi) is 24.6. The SMILES string of the molecule is CCc1ccc2c(oc3c(-c4cccc[n+]4C)c(C)ccc32)c1F.Cc1cc2c(oc3ccccc32)c(-c2cccc[n+]2C)c1C.Cc1ccc(-c2c(C)ccc3oc4ccccc4c23)[n+](C)c1.Cc1ccc2c(oc3c(-c4cccc[n+]4C)c(C)ccc32)c1F.Cc1ccc2c(oc3c(F)ccc(-c4ccccc4)c32)c1-c1cccc[n+]1C.Cc1ccc2oc3ccccc3c2c1-c1cccc[n+]1C. The highest BCUT2D eigenvalue weighted by molar-refractivity contribution is 6.18. The summed E-state index contributed by atoms with van der Waals surface area (Å²) < 4.78 is 93.0. The Bertz CT molecular complexity index is 9190. The van der Waals surface area contributed by atoms with Gasteiger partial charge in [-0.3, -0.25) is 0 Å². The highest BCUT2D eigenvalue weighted by atomic mass is 19.1. The lowest BCUT2D eigenvalue weighted by Gasteiger charge is -2.08. The summed E-state index contributed by atoms with van der Waals surface area (Å²) in [5, 5.41) is 12.4. The van der Waals surface area contributed by atoms with Gasteiger partial charge in [-0.1, -0.05) is 165 Å². The fourth-order valence-corrected chi connectivity index (χ4v) is 20.0. The maximum atomic E-state index is 14.7.